The highest BCUT2D eigenvalue weighted by molar-refractivity contribution is 5.99. The van der Waals surface area contributed by atoms with E-state index in [1.807, 2.05) is 0 Å². The van der Waals surface area contributed by atoms with Crippen LogP contribution in [0.15, 0.2) is 4.99 Å². The molecule has 74 valence electrons. The smallest absolute Gasteiger partial charge is 0.171 e. The Balaban J connectivity index is 3.01. The lowest BCUT2D eigenvalue weighted by Gasteiger charge is -2.49. The predicted molar refractivity (Wildman–Crippen MR) is 49.5 cm³/mol. The van der Waals surface area contributed by atoms with Gasteiger partial charge >= 0.3 is 0 Å². The highest BCUT2D eigenvalue weighted by Crippen LogP contribution is 2.26. The summed E-state index contributed by atoms with van der Waals surface area (Å²) in [6, 6.07) is -1.03. The molecule has 1 rings (SSSR count). The first-order chi connectivity index (χ1) is 5.73. The second kappa shape index (κ2) is 2.39. The fourth-order valence-corrected chi connectivity index (χ4v) is 1.10. The van der Waals surface area contributed by atoms with E-state index in [0.717, 1.165) is 0 Å². The van der Waals surface area contributed by atoms with Crippen LogP contribution in [0.25, 0.3) is 0 Å². The van der Waals surface area contributed by atoms with E-state index in [-0.39, 0.29) is 11.7 Å². The third kappa shape index (κ3) is 1.00. The van der Waals surface area contributed by atoms with Crippen molar-refractivity contribution >= 4 is 11.7 Å². The SMILES string of the molecule is N=C(N)C(N)C1(N)N=C(N)C1(N)N. The maximum absolute atomic E-state index is 7.09. The molecular formula is C5H14N8. The van der Waals surface area contributed by atoms with Crippen LogP contribution in [0.5, 0.6) is 0 Å². The Morgan fingerprint density at radius 3 is 2.08 bits per heavy atom. The second-order valence-electron chi connectivity index (χ2n) is 3.12. The van der Waals surface area contributed by atoms with Crippen molar-refractivity contribution in [2.75, 3.05) is 0 Å². The summed E-state index contributed by atoms with van der Waals surface area (Å²) in [5, 5.41) is 7.09. The van der Waals surface area contributed by atoms with E-state index in [1.54, 1.807) is 0 Å². The summed E-state index contributed by atoms with van der Waals surface area (Å²) in [6.07, 6.45) is 0. The standard InChI is InChI=1S/C5H14N8/c6-1(2(7)8)5(12)4(10,11)3(9)13-5/h1H,6,10-12H2,(H3,7,8)(H2,9,13). The monoisotopic (exact) mass is 186 g/mol. The van der Waals surface area contributed by atoms with Gasteiger partial charge in [-0.1, -0.05) is 0 Å². The van der Waals surface area contributed by atoms with E-state index in [0.29, 0.717) is 0 Å². The van der Waals surface area contributed by atoms with Crippen LogP contribution < -0.4 is 34.4 Å². The van der Waals surface area contributed by atoms with E-state index in [1.165, 1.54) is 0 Å². The average molecular weight is 186 g/mol. The van der Waals surface area contributed by atoms with E-state index in [9.17, 15) is 0 Å². The molecule has 0 amide bonds. The topological polar surface area (TPSA) is 192 Å². The van der Waals surface area contributed by atoms with E-state index in [4.69, 9.17) is 39.8 Å². The van der Waals surface area contributed by atoms with Crippen LogP contribution in [0, 0.1) is 5.41 Å². The van der Waals surface area contributed by atoms with Crippen LogP contribution in [0.3, 0.4) is 0 Å². The Bertz CT molecular complexity index is 280. The molecule has 0 aromatic rings. The van der Waals surface area contributed by atoms with E-state index >= 15 is 0 Å². The zero-order chi connectivity index (χ0) is 10.4. The lowest BCUT2D eigenvalue weighted by atomic mass is 9.81. The van der Waals surface area contributed by atoms with Crippen molar-refractivity contribution in [3.63, 3.8) is 0 Å². The number of nitrogens with one attached hydrogen (secondary N) is 1. The van der Waals surface area contributed by atoms with Crippen LogP contribution in [0.2, 0.25) is 0 Å². The van der Waals surface area contributed by atoms with E-state index < -0.39 is 17.4 Å². The molecule has 2 unspecified atom stereocenters. The number of nitrogens with two attached hydrogens (primary N) is 6. The predicted octanol–water partition coefficient (Wildman–Crippen LogP) is -4.11. The van der Waals surface area contributed by atoms with Gasteiger partial charge in [-0.2, -0.15) is 0 Å². The van der Waals surface area contributed by atoms with Crippen LogP contribution in [0.1, 0.15) is 0 Å². The Kier molecular flexibility index (Phi) is 1.81. The number of aliphatic imine (C=N–C) groups is 1. The zero-order valence-corrected chi connectivity index (χ0v) is 6.99. The van der Waals surface area contributed by atoms with Gasteiger partial charge < -0.3 is 34.4 Å². The van der Waals surface area contributed by atoms with Gasteiger partial charge in [0.25, 0.3) is 0 Å². The molecule has 0 saturated carbocycles. The summed E-state index contributed by atoms with van der Waals surface area (Å²) in [7, 11) is 0. The van der Waals surface area contributed by atoms with Gasteiger partial charge in [0.2, 0.25) is 0 Å². The minimum Gasteiger partial charge on any atom is -0.386 e. The summed E-state index contributed by atoms with van der Waals surface area (Å²) >= 11 is 0. The number of rotatable bonds is 2. The number of hydrogen-bond acceptors (Lipinski definition) is 7. The van der Waals surface area contributed by atoms with Crippen molar-refractivity contribution in [1.29, 1.82) is 5.41 Å². The Morgan fingerprint density at radius 2 is 1.85 bits per heavy atom. The summed E-state index contributed by atoms with van der Waals surface area (Å²) < 4.78 is 0. The van der Waals surface area contributed by atoms with Gasteiger partial charge in [0, 0.05) is 0 Å². The Hall–Kier alpha value is -1.22. The van der Waals surface area contributed by atoms with Gasteiger partial charge in [0.15, 0.2) is 11.3 Å². The van der Waals surface area contributed by atoms with Crippen molar-refractivity contribution in [3.05, 3.63) is 0 Å². The summed E-state index contributed by atoms with van der Waals surface area (Å²) in [4.78, 5) is 3.70. The molecule has 13 heavy (non-hydrogen) atoms. The van der Waals surface area contributed by atoms with Gasteiger partial charge in [-0.15, -0.1) is 0 Å². The average Bonchev–Trinajstić information content (AvgIpc) is 2.02. The molecule has 0 aromatic carbocycles. The van der Waals surface area contributed by atoms with Crippen molar-refractivity contribution < 1.29 is 0 Å². The quantitative estimate of drug-likeness (QED) is 0.130. The van der Waals surface area contributed by atoms with Crippen molar-refractivity contribution in [1.82, 2.24) is 0 Å². The van der Waals surface area contributed by atoms with Crippen LogP contribution in [-0.4, -0.2) is 29.0 Å². The molecule has 0 saturated heterocycles. The molecule has 0 aromatic heterocycles. The van der Waals surface area contributed by atoms with Crippen LogP contribution in [-0.2, 0) is 0 Å². The Labute approximate surface area is 74.8 Å². The van der Waals surface area contributed by atoms with Gasteiger partial charge in [0.1, 0.15) is 17.7 Å². The third-order valence-corrected chi connectivity index (χ3v) is 2.20. The van der Waals surface area contributed by atoms with Crippen LogP contribution >= 0.6 is 0 Å². The first-order valence-corrected chi connectivity index (χ1v) is 3.55. The molecule has 0 radical (unpaired) electrons. The largest absolute Gasteiger partial charge is 0.386 e. The van der Waals surface area contributed by atoms with Gasteiger partial charge in [-0.3, -0.25) is 5.41 Å². The molecule has 1 aliphatic rings. The molecule has 0 fully saturated rings. The molecule has 2 atom stereocenters. The Morgan fingerprint density at radius 1 is 1.38 bits per heavy atom. The highest BCUT2D eigenvalue weighted by Gasteiger charge is 2.59. The van der Waals surface area contributed by atoms with Crippen molar-refractivity contribution in [3.8, 4) is 0 Å². The number of hydrogen-bond donors (Lipinski definition) is 7. The molecule has 1 heterocycles. The molecule has 0 aliphatic carbocycles. The molecule has 8 heteroatoms. The molecular weight excluding hydrogens is 172 g/mol. The number of nitrogens with zero attached hydrogens (tertiary/aromatic N) is 1. The second-order valence-corrected chi connectivity index (χ2v) is 3.12. The number of amidine groups is 2. The normalized spacial score (nSPS) is 33.1. The maximum atomic E-state index is 7.09. The van der Waals surface area contributed by atoms with Crippen molar-refractivity contribution in [2.24, 2.45) is 39.4 Å². The van der Waals surface area contributed by atoms with Gasteiger partial charge in [-0.05, 0) is 0 Å². The molecule has 0 spiro atoms. The third-order valence-electron chi connectivity index (χ3n) is 2.20. The maximum Gasteiger partial charge on any atom is 0.171 e. The van der Waals surface area contributed by atoms with Gasteiger partial charge in [-0.25, -0.2) is 4.99 Å². The molecule has 13 N–H and O–H groups in total. The first kappa shape index (κ1) is 9.86. The van der Waals surface area contributed by atoms with Crippen molar-refractivity contribution in [2.45, 2.75) is 17.4 Å². The lowest BCUT2D eigenvalue weighted by molar-refractivity contribution is 0.245. The minimum atomic E-state index is -1.50. The van der Waals surface area contributed by atoms with E-state index in [2.05, 4.69) is 4.99 Å². The lowest BCUT2D eigenvalue weighted by Crippen LogP contribution is -2.88. The summed E-state index contributed by atoms with van der Waals surface area (Å²) in [5.74, 6) is -0.328. The summed E-state index contributed by atoms with van der Waals surface area (Å²) in [5.41, 5.74) is 29.7. The minimum absolute atomic E-state index is 0.00620. The summed E-state index contributed by atoms with van der Waals surface area (Å²) in [6.45, 7) is 0. The highest BCUT2D eigenvalue weighted by atomic mass is 15.3. The molecule has 8 nitrogen and oxygen atoms in total. The fraction of sp³-hybridized carbons (Fsp3) is 0.600. The fourth-order valence-electron chi connectivity index (χ4n) is 1.10. The molecule has 1 aliphatic heterocycles. The van der Waals surface area contributed by atoms with Gasteiger partial charge in [0.05, 0.1) is 0 Å². The molecule has 0 bridgehead atoms. The first-order valence-electron chi connectivity index (χ1n) is 3.55. The van der Waals surface area contributed by atoms with Crippen LogP contribution in [0.4, 0.5) is 0 Å². The zero-order valence-electron chi connectivity index (χ0n) is 6.99.